The van der Waals surface area contributed by atoms with Crippen LogP contribution in [0.25, 0.3) is 0 Å². The molecule has 33 heavy (non-hydrogen) atoms. The lowest BCUT2D eigenvalue weighted by Gasteiger charge is -2.33. The molecular formula is C24H32ClN3O4S. The van der Waals surface area contributed by atoms with Crippen LogP contribution in [0.5, 0.6) is 0 Å². The fourth-order valence-electron chi connectivity index (χ4n) is 3.56. The van der Waals surface area contributed by atoms with Crippen molar-refractivity contribution in [2.24, 2.45) is 0 Å². The Labute approximate surface area is 201 Å². The SMILES string of the molecule is CCC(C(=O)NC(C)C)N(Cc1cccc(C)c1)C(=O)CN(c1ccccc1Cl)S(C)(=O)=O. The lowest BCUT2D eigenvalue weighted by Crippen LogP contribution is -2.53. The van der Waals surface area contributed by atoms with Gasteiger partial charge < -0.3 is 10.2 Å². The Morgan fingerprint density at radius 1 is 1.09 bits per heavy atom. The first-order chi connectivity index (χ1) is 15.4. The third-order valence-electron chi connectivity index (χ3n) is 5.05. The lowest BCUT2D eigenvalue weighted by molar-refractivity contribution is -0.140. The number of nitrogens with one attached hydrogen (secondary N) is 1. The molecule has 0 fully saturated rings. The number of para-hydroxylation sites is 1. The predicted molar refractivity (Wildman–Crippen MR) is 133 cm³/mol. The average Bonchev–Trinajstić information content (AvgIpc) is 2.71. The molecule has 2 rings (SSSR count). The van der Waals surface area contributed by atoms with Crippen LogP contribution in [-0.2, 0) is 26.2 Å². The third kappa shape index (κ3) is 7.47. The minimum Gasteiger partial charge on any atom is -0.352 e. The number of nitrogens with zero attached hydrogens (tertiary/aromatic N) is 2. The zero-order valence-corrected chi connectivity index (χ0v) is 21.3. The number of carbonyl (C=O) groups excluding carboxylic acids is 2. The van der Waals surface area contributed by atoms with Crippen LogP contribution in [0.3, 0.4) is 0 Å². The molecule has 0 spiro atoms. The number of amides is 2. The van der Waals surface area contributed by atoms with Crippen LogP contribution in [0.2, 0.25) is 5.02 Å². The highest BCUT2D eigenvalue weighted by molar-refractivity contribution is 7.92. The molecule has 1 N–H and O–H groups in total. The van der Waals surface area contributed by atoms with Crippen LogP contribution < -0.4 is 9.62 Å². The molecule has 0 saturated carbocycles. The van der Waals surface area contributed by atoms with Crippen LogP contribution in [-0.4, -0.2) is 50.0 Å². The topological polar surface area (TPSA) is 86.8 Å². The first kappa shape index (κ1) is 26.7. The Kier molecular flexibility index (Phi) is 9.31. The fourth-order valence-corrected chi connectivity index (χ4v) is 4.71. The molecule has 0 radical (unpaired) electrons. The van der Waals surface area contributed by atoms with Crippen molar-refractivity contribution in [2.45, 2.75) is 52.7 Å². The summed E-state index contributed by atoms with van der Waals surface area (Å²) >= 11 is 6.24. The minimum atomic E-state index is -3.82. The van der Waals surface area contributed by atoms with E-state index < -0.39 is 28.5 Å². The number of anilines is 1. The van der Waals surface area contributed by atoms with Crippen LogP contribution in [0, 0.1) is 6.92 Å². The fraction of sp³-hybridized carbons (Fsp3) is 0.417. The van der Waals surface area contributed by atoms with Gasteiger partial charge in [-0.1, -0.05) is 60.5 Å². The van der Waals surface area contributed by atoms with Crippen molar-refractivity contribution >= 4 is 39.1 Å². The first-order valence-corrected chi connectivity index (χ1v) is 13.0. The van der Waals surface area contributed by atoms with Crippen LogP contribution in [0.1, 0.15) is 38.3 Å². The highest BCUT2D eigenvalue weighted by Crippen LogP contribution is 2.27. The van der Waals surface area contributed by atoms with Gasteiger partial charge in [-0.15, -0.1) is 0 Å². The monoisotopic (exact) mass is 493 g/mol. The van der Waals surface area contributed by atoms with Gasteiger partial charge in [0.15, 0.2) is 0 Å². The smallest absolute Gasteiger partial charge is 0.244 e. The zero-order valence-electron chi connectivity index (χ0n) is 19.7. The van der Waals surface area contributed by atoms with E-state index in [0.717, 1.165) is 21.7 Å². The lowest BCUT2D eigenvalue weighted by atomic mass is 10.1. The highest BCUT2D eigenvalue weighted by Gasteiger charge is 2.32. The van der Waals surface area contributed by atoms with E-state index in [9.17, 15) is 18.0 Å². The number of aryl methyl sites for hydroxylation is 1. The Bertz CT molecular complexity index is 1090. The second kappa shape index (κ2) is 11.5. The van der Waals surface area contributed by atoms with E-state index in [0.29, 0.717) is 6.42 Å². The summed E-state index contributed by atoms with van der Waals surface area (Å²) in [6, 6.07) is 13.2. The molecule has 180 valence electrons. The van der Waals surface area contributed by atoms with E-state index in [1.807, 2.05) is 52.0 Å². The Balaban J connectivity index is 2.46. The summed E-state index contributed by atoms with van der Waals surface area (Å²) in [5.41, 5.74) is 2.08. The Morgan fingerprint density at radius 3 is 2.30 bits per heavy atom. The van der Waals surface area contributed by atoms with E-state index >= 15 is 0 Å². The van der Waals surface area contributed by atoms with Crippen molar-refractivity contribution < 1.29 is 18.0 Å². The molecule has 0 aromatic heterocycles. The summed E-state index contributed by atoms with van der Waals surface area (Å²) in [4.78, 5) is 27.9. The molecule has 1 atom stereocenters. The zero-order chi connectivity index (χ0) is 24.8. The van der Waals surface area contributed by atoms with E-state index in [1.165, 1.54) is 4.90 Å². The first-order valence-electron chi connectivity index (χ1n) is 10.8. The average molecular weight is 494 g/mol. The van der Waals surface area contributed by atoms with Gasteiger partial charge in [-0.25, -0.2) is 8.42 Å². The van der Waals surface area contributed by atoms with Crippen LogP contribution in [0.4, 0.5) is 5.69 Å². The molecule has 0 saturated heterocycles. The number of benzene rings is 2. The standard InChI is InChI=1S/C24H32ClN3O4S/c1-6-21(24(30)26-17(2)3)27(15-19-11-9-10-18(4)14-19)23(29)16-28(33(5,31)32)22-13-8-7-12-20(22)25/h7-14,17,21H,6,15-16H2,1-5H3,(H,26,30). The molecule has 2 aromatic carbocycles. The van der Waals surface area contributed by atoms with Gasteiger partial charge in [0, 0.05) is 12.6 Å². The van der Waals surface area contributed by atoms with Gasteiger partial charge in [-0.05, 0) is 44.9 Å². The van der Waals surface area contributed by atoms with Crippen LogP contribution >= 0.6 is 11.6 Å². The molecule has 1 unspecified atom stereocenters. The maximum absolute atomic E-state index is 13.6. The van der Waals surface area contributed by atoms with E-state index in [4.69, 9.17) is 11.6 Å². The van der Waals surface area contributed by atoms with Gasteiger partial charge in [-0.2, -0.15) is 0 Å². The van der Waals surface area contributed by atoms with E-state index in [1.54, 1.807) is 24.3 Å². The van der Waals surface area contributed by atoms with Crippen molar-refractivity contribution in [3.8, 4) is 0 Å². The Morgan fingerprint density at radius 2 is 1.76 bits per heavy atom. The van der Waals surface area contributed by atoms with Gasteiger partial charge in [-0.3, -0.25) is 13.9 Å². The van der Waals surface area contributed by atoms with Gasteiger partial charge in [0.2, 0.25) is 21.8 Å². The third-order valence-corrected chi connectivity index (χ3v) is 6.50. The molecule has 0 bridgehead atoms. The molecular weight excluding hydrogens is 462 g/mol. The number of hydrogen-bond acceptors (Lipinski definition) is 4. The molecule has 2 aromatic rings. The molecule has 2 amide bonds. The number of hydrogen-bond donors (Lipinski definition) is 1. The van der Waals surface area contributed by atoms with Crippen molar-refractivity contribution in [3.05, 3.63) is 64.7 Å². The molecule has 0 heterocycles. The molecule has 9 heteroatoms. The summed E-state index contributed by atoms with van der Waals surface area (Å²) in [6.07, 6.45) is 1.40. The van der Waals surface area contributed by atoms with Gasteiger partial charge >= 0.3 is 0 Å². The van der Waals surface area contributed by atoms with Crippen LogP contribution in [0.15, 0.2) is 48.5 Å². The molecule has 0 aliphatic heterocycles. The van der Waals surface area contributed by atoms with E-state index in [2.05, 4.69) is 5.32 Å². The number of halogens is 1. The van der Waals surface area contributed by atoms with Crippen molar-refractivity contribution in [3.63, 3.8) is 0 Å². The second-order valence-electron chi connectivity index (χ2n) is 8.32. The largest absolute Gasteiger partial charge is 0.352 e. The second-order valence-corrected chi connectivity index (χ2v) is 10.6. The molecule has 7 nitrogen and oxygen atoms in total. The quantitative estimate of drug-likeness (QED) is 0.546. The summed E-state index contributed by atoms with van der Waals surface area (Å²) in [5.74, 6) is -0.773. The van der Waals surface area contributed by atoms with Crippen molar-refractivity contribution in [1.82, 2.24) is 10.2 Å². The Hall–Kier alpha value is -2.58. The molecule has 0 aliphatic rings. The number of rotatable bonds is 10. The highest BCUT2D eigenvalue weighted by atomic mass is 35.5. The summed E-state index contributed by atoms with van der Waals surface area (Å²) in [6.45, 7) is 7.16. The van der Waals surface area contributed by atoms with Crippen molar-refractivity contribution in [2.75, 3.05) is 17.1 Å². The van der Waals surface area contributed by atoms with Crippen molar-refractivity contribution in [1.29, 1.82) is 0 Å². The normalized spacial score (nSPS) is 12.3. The van der Waals surface area contributed by atoms with E-state index in [-0.39, 0.29) is 29.2 Å². The summed E-state index contributed by atoms with van der Waals surface area (Å²) < 4.78 is 26.1. The number of sulfonamides is 1. The summed E-state index contributed by atoms with van der Waals surface area (Å²) in [7, 11) is -3.82. The maximum atomic E-state index is 13.6. The molecule has 0 aliphatic carbocycles. The number of carbonyl (C=O) groups is 2. The predicted octanol–water partition coefficient (Wildman–Crippen LogP) is 3.75. The van der Waals surface area contributed by atoms with Gasteiger partial charge in [0.05, 0.1) is 17.0 Å². The maximum Gasteiger partial charge on any atom is 0.244 e. The minimum absolute atomic E-state index is 0.0990. The summed E-state index contributed by atoms with van der Waals surface area (Å²) in [5, 5.41) is 3.08. The van der Waals surface area contributed by atoms with Gasteiger partial charge in [0.1, 0.15) is 12.6 Å². The van der Waals surface area contributed by atoms with Gasteiger partial charge in [0.25, 0.3) is 0 Å².